The number of unbranched alkanes of at least 4 members (excludes halogenated alkanes) is 1. The fourth-order valence-corrected chi connectivity index (χ4v) is 4.25. The third-order valence-electron chi connectivity index (χ3n) is 5.32. The van der Waals surface area contributed by atoms with E-state index in [4.69, 9.17) is 4.74 Å². The van der Waals surface area contributed by atoms with E-state index in [1.165, 1.54) is 35.7 Å². The highest BCUT2D eigenvalue weighted by Gasteiger charge is 2.23. The predicted octanol–water partition coefficient (Wildman–Crippen LogP) is 6.81. The van der Waals surface area contributed by atoms with Gasteiger partial charge in [-0.05, 0) is 78.6 Å². The van der Waals surface area contributed by atoms with E-state index < -0.39 is 0 Å². The summed E-state index contributed by atoms with van der Waals surface area (Å²) in [4.78, 5) is 17.7. The average Bonchev–Trinajstić information content (AvgIpc) is 3.17. The van der Waals surface area contributed by atoms with Gasteiger partial charge in [0.25, 0.3) is 5.91 Å². The number of amidine groups is 1. The highest BCUT2D eigenvalue weighted by Crippen LogP contribution is 2.29. The number of nitrogens with one attached hydrogen (secondary N) is 1. The van der Waals surface area contributed by atoms with Crippen LogP contribution < -0.4 is 10.1 Å². The smallest absolute Gasteiger partial charge is 0.264 e. The van der Waals surface area contributed by atoms with Crippen molar-refractivity contribution in [2.75, 3.05) is 0 Å². The van der Waals surface area contributed by atoms with Crippen LogP contribution in [-0.2, 0) is 17.8 Å². The maximum Gasteiger partial charge on any atom is 0.264 e. The van der Waals surface area contributed by atoms with E-state index in [-0.39, 0.29) is 5.91 Å². The molecule has 1 saturated heterocycles. The monoisotopic (exact) mass is 456 g/mol. The van der Waals surface area contributed by atoms with Crippen molar-refractivity contribution >= 4 is 34.6 Å². The molecule has 0 aliphatic carbocycles. The van der Waals surface area contributed by atoms with Crippen LogP contribution in [0, 0.1) is 6.92 Å². The Balaban J connectivity index is 1.40. The Morgan fingerprint density at radius 2 is 1.76 bits per heavy atom. The number of benzene rings is 3. The number of hydrogen-bond acceptors (Lipinski definition) is 4. The number of ether oxygens (including phenoxy) is 1. The minimum Gasteiger partial charge on any atom is -0.489 e. The number of hydrogen-bond donors (Lipinski definition) is 1. The second kappa shape index (κ2) is 11.0. The summed E-state index contributed by atoms with van der Waals surface area (Å²) in [7, 11) is 0. The molecule has 3 aromatic rings. The standard InChI is InChI=1S/C28H28N2O2S/c1-3-4-6-21-13-15-24(16-14-21)29-28-30-27(31)26(33-28)18-23-7-5-8-25(17-23)32-19-22-11-9-20(2)10-12-22/h5,7-18H,3-4,6,19H2,1-2H3,(H,29,30,31)/b26-18-. The van der Waals surface area contributed by atoms with E-state index >= 15 is 0 Å². The SMILES string of the molecule is CCCCc1ccc(N=C2NC(=O)/C(=C/c3cccc(OCc4ccc(C)cc4)c3)S2)cc1. The van der Waals surface area contributed by atoms with Crippen molar-refractivity contribution in [3.05, 3.63) is 100.0 Å². The summed E-state index contributed by atoms with van der Waals surface area (Å²) in [5.41, 5.74) is 5.41. The first-order valence-corrected chi connectivity index (χ1v) is 12.1. The Morgan fingerprint density at radius 1 is 1.00 bits per heavy atom. The Morgan fingerprint density at radius 3 is 2.52 bits per heavy atom. The van der Waals surface area contributed by atoms with Crippen LogP contribution >= 0.6 is 11.8 Å². The number of aryl methyl sites for hydroxylation is 2. The molecule has 0 spiro atoms. The van der Waals surface area contributed by atoms with E-state index in [9.17, 15) is 4.79 Å². The summed E-state index contributed by atoms with van der Waals surface area (Å²) in [5.74, 6) is 0.634. The summed E-state index contributed by atoms with van der Waals surface area (Å²) in [6.07, 6.45) is 5.32. The highest BCUT2D eigenvalue weighted by atomic mass is 32.2. The molecule has 5 heteroatoms. The normalized spacial score (nSPS) is 15.8. The third kappa shape index (κ3) is 6.59. The number of thioether (sulfide) groups is 1. The molecule has 0 aromatic heterocycles. The number of aliphatic imine (C=N–C) groups is 1. The van der Waals surface area contributed by atoms with Gasteiger partial charge in [-0.15, -0.1) is 0 Å². The van der Waals surface area contributed by atoms with Gasteiger partial charge >= 0.3 is 0 Å². The maximum absolute atomic E-state index is 12.5. The number of carbonyl (C=O) groups is 1. The maximum atomic E-state index is 12.5. The van der Waals surface area contributed by atoms with Crippen molar-refractivity contribution in [1.29, 1.82) is 0 Å². The number of amides is 1. The van der Waals surface area contributed by atoms with Gasteiger partial charge in [-0.25, -0.2) is 4.99 Å². The second-order valence-corrected chi connectivity index (χ2v) is 9.13. The van der Waals surface area contributed by atoms with E-state index in [0.717, 1.165) is 29.0 Å². The fraction of sp³-hybridized carbons (Fsp3) is 0.214. The van der Waals surface area contributed by atoms with E-state index in [0.29, 0.717) is 16.7 Å². The number of rotatable bonds is 8. The Hall–Kier alpha value is -3.31. The van der Waals surface area contributed by atoms with Crippen molar-refractivity contribution in [3.63, 3.8) is 0 Å². The van der Waals surface area contributed by atoms with E-state index in [1.54, 1.807) is 0 Å². The van der Waals surface area contributed by atoms with Gasteiger partial charge in [0.15, 0.2) is 5.17 Å². The first-order chi connectivity index (χ1) is 16.1. The molecule has 3 aromatic carbocycles. The van der Waals surface area contributed by atoms with Gasteiger partial charge < -0.3 is 10.1 Å². The molecule has 0 unspecified atom stereocenters. The third-order valence-corrected chi connectivity index (χ3v) is 6.23. The molecule has 1 aliphatic heterocycles. The van der Waals surface area contributed by atoms with Crippen LogP contribution in [0.25, 0.3) is 6.08 Å². The molecule has 0 saturated carbocycles. The lowest BCUT2D eigenvalue weighted by Crippen LogP contribution is -2.19. The molecule has 1 heterocycles. The predicted molar refractivity (Wildman–Crippen MR) is 138 cm³/mol. The van der Waals surface area contributed by atoms with Gasteiger partial charge in [-0.1, -0.05) is 67.4 Å². The molecule has 4 nitrogen and oxygen atoms in total. The number of nitrogens with zero attached hydrogens (tertiary/aromatic N) is 1. The quantitative estimate of drug-likeness (QED) is 0.379. The molecular weight excluding hydrogens is 428 g/mol. The van der Waals surface area contributed by atoms with E-state index in [2.05, 4.69) is 60.6 Å². The zero-order valence-corrected chi connectivity index (χ0v) is 19.8. The highest BCUT2D eigenvalue weighted by molar-refractivity contribution is 8.18. The van der Waals surface area contributed by atoms with Crippen LogP contribution in [0.5, 0.6) is 5.75 Å². The van der Waals surface area contributed by atoms with Crippen LogP contribution in [0.2, 0.25) is 0 Å². The van der Waals surface area contributed by atoms with Crippen molar-refractivity contribution in [1.82, 2.24) is 5.32 Å². The van der Waals surface area contributed by atoms with Gasteiger partial charge in [0, 0.05) is 0 Å². The zero-order chi connectivity index (χ0) is 23.0. The lowest BCUT2D eigenvalue weighted by atomic mass is 10.1. The number of carbonyl (C=O) groups excluding carboxylic acids is 1. The van der Waals surface area contributed by atoms with Crippen molar-refractivity contribution in [2.24, 2.45) is 4.99 Å². The molecule has 1 amide bonds. The molecule has 4 rings (SSSR count). The van der Waals surface area contributed by atoms with Crippen molar-refractivity contribution in [2.45, 2.75) is 39.7 Å². The second-order valence-electron chi connectivity index (χ2n) is 8.10. The van der Waals surface area contributed by atoms with Crippen LogP contribution in [-0.4, -0.2) is 11.1 Å². The summed E-state index contributed by atoms with van der Waals surface area (Å²) < 4.78 is 5.94. The Bertz CT molecular complexity index is 1170. The van der Waals surface area contributed by atoms with Crippen LogP contribution in [0.1, 0.15) is 42.0 Å². The van der Waals surface area contributed by atoms with Crippen LogP contribution in [0.15, 0.2) is 82.7 Å². The van der Waals surface area contributed by atoms with Crippen LogP contribution in [0.4, 0.5) is 5.69 Å². The molecule has 0 atom stereocenters. The largest absolute Gasteiger partial charge is 0.489 e. The molecule has 0 bridgehead atoms. The minimum absolute atomic E-state index is 0.135. The first-order valence-electron chi connectivity index (χ1n) is 11.3. The summed E-state index contributed by atoms with van der Waals surface area (Å²) in [6, 6.07) is 24.3. The lowest BCUT2D eigenvalue weighted by molar-refractivity contribution is -0.115. The van der Waals surface area contributed by atoms with E-state index in [1.807, 2.05) is 42.5 Å². The first kappa shape index (κ1) is 22.9. The van der Waals surface area contributed by atoms with Gasteiger partial charge in [-0.2, -0.15) is 0 Å². The molecule has 1 aliphatic rings. The zero-order valence-electron chi connectivity index (χ0n) is 19.0. The van der Waals surface area contributed by atoms with Gasteiger partial charge in [-0.3, -0.25) is 4.79 Å². The Labute approximate surface area is 199 Å². The molecule has 1 fully saturated rings. The fourth-order valence-electron chi connectivity index (χ4n) is 3.41. The van der Waals surface area contributed by atoms with Crippen molar-refractivity contribution < 1.29 is 9.53 Å². The molecule has 33 heavy (non-hydrogen) atoms. The summed E-state index contributed by atoms with van der Waals surface area (Å²) in [6.45, 7) is 4.77. The lowest BCUT2D eigenvalue weighted by Gasteiger charge is -2.07. The topological polar surface area (TPSA) is 50.7 Å². The van der Waals surface area contributed by atoms with Gasteiger partial charge in [0.1, 0.15) is 12.4 Å². The molecule has 1 N–H and O–H groups in total. The molecular formula is C28H28N2O2S. The molecule has 0 radical (unpaired) electrons. The van der Waals surface area contributed by atoms with Gasteiger partial charge in [0.2, 0.25) is 0 Å². The minimum atomic E-state index is -0.135. The van der Waals surface area contributed by atoms with Gasteiger partial charge in [0.05, 0.1) is 10.6 Å². The molecule has 168 valence electrons. The summed E-state index contributed by atoms with van der Waals surface area (Å²) >= 11 is 1.35. The van der Waals surface area contributed by atoms with Crippen molar-refractivity contribution in [3.8, 4) is 5.75 Å². The Kier molecular flexibility index (Phi) is 7.63. The summed E-state index contributed by atoms with van der Waals surface area (Å²) in [5, 5.41) is 3.46. The van der Waals surface area contributed by atoms with Crippen LogP contribution in [0.3, 0.4) is 0 Å². The average molecular weight is 457 g/mol.